The fraction of sp³-hybridized carbons (Fsp3) is 0.652. The molecule has 1 unspecified atom stereocenters. The summed E-state index contributed by atoms with van der Waals surface area (Å²) in [6, 6.07) is 3.90. The number of nitrogens with zero attached hydrogens (tertiary/aromatic N) is 3. The quantitative estimate of drug-likeness (QED) is 0.652. The number of amides is 2. The van der Waals surface area contributed by atoms with Crippen molar-refractivity contribution in [3.05, 3.63) is 18.2 Å². The molecule has 0 aromatic heterocycles. The number of hydrogen-bond donors (Lipinski definition) is 0. The van der Waals surface area contributed by atoms with Crippen molar-refractivity contribution in [3.63, 3.8) is 0 Å². The van der Waals surface area contributed by atoms with Crippen LogP contribution in [0.5, 0.6) is 11.5 Å². The maximum atomic E-state index is 13.4. The molecule has 10 heteroatoms. The monoisotopic (exact) mass is 477 g/mol. The normalized spacial score (nSPS) is 24.3. The third-order valence-electron chi connectivity index (χ3n) is 7.18. The lowest BCUT2D eigenvalue weighted by Gasteiger charge is -2.35. The van der Waals surface area contributed by atoms with Crippen LogP contribution in [-0.2, 0) is 19.6 Å². The summed E-state index contributed by atoms with van der Waals surface area (Å²) in [6.45, 7) is 3.80. The highest BCUT2D eigenvalue weighted by Crippen LogP contribution is 2.35. The first-order valence-electron chi connectivity index (χ1n) is 11.9. The number of likely N-dealkylation sites (tertiary alicyclic amines) is 2. The number of fused-ring (bicyclic) bond motifs is 1. The number of carbonyl (C=O) groups excluding carboxylic acids is 2. The van der Waals surface area contributed by atoms with Gasteiger partial charge in [0.25, 0.3) is 0 Å². The van der Waals surface area contributed by atoms with E-state index in [4.69, 9.17) is 9.47 Å². The van der Waals surface area contributed by atoms with E-state index in [2.05, 4.69) is 0 Å². The number of rotatable bonds is 4. The smallest absolute Gasteiger partial charge is 0.243 e. The zero-order valence-corrected chi connectivity index (χ0v) is 19.6. The van der Waals surface area contributed by atoms with E-state index in [9.17, 15) is 18.0 Å². The van der Waals surface area contributed by atoms with Gasteiger partial charge in [-0.2, -0.15) is 4.31 Å². The largest absolute Gasteiger partial charge is 0.486 e. The van der Waals surface area contributed by atoms with E-state index in [1.165, 1.54) is 16.4 Å². The van der Waals surface area contributed by atoms with E-state index < -0.39 is 16.1 Å². The molecule has 4 heterocycles. The van der Waals surface area contributed by atoms with Gasteiger partial charge < -0.3 is 19.3 Å². The summed E-state index contributed by atoms with van der Waals surface area (Å²) in [6.07, 6.45) is 4.57. The van der Waals surface area contributed by atoms with Gasteiger partial charge in [0, 0.05) is 44.7 Å². The molecule has 33 heavy (non-hydrogen) atoms. The van der Waals surface area contributed by atoms with Crippen LogP contribution in [0.4, 0.5) is 0 Å². The minimum absolute atomic E-state index is 0.0340. The summed E-state index contributed by atoms with van der Waals surface area (Å²) in [7, 11) is -3.85. The number of hydrogen-bond acceptors (Lipinski definition) is 6. The van der Waals surface area contributed by atoms with E-state index in [0.717, 1.165) is 25.9 Å². The van der Waals surface area contributed by atoms with Crippen molar-refractivity contribution in [1.82, 2.24) is 14.1 Å². The van der Waals surface area contributed by atoms with E-state index in [0.29, 0.717) is 70.0 Å². The van der Waals surface area contributed by atoms with Gasteiger partial charge in [0.15, 0.2) is 11.5 Å². The van der Waals surface area contributed by atoms with Crippen LogP contribution in [0.15, 0.2) is 23.1 Å². The van der Waals surface area contributed by atoms with Gasteiger partial charge >= 0.3 is 0 Å². The summed E-state index contributed by atoms with van der Waals surface area (Å²) < 4.78 is 39.2. The van der Waals surface area contributed by atoms with Gasteiger partial charge in [-0.25, -0.2) is 8.42 Å². The first kappa shape index (κ1) is 22.5. The Morgan fingerprint density at radius 2 is 1.45 bits per heavy atom. The van der Waals surface area contributed by atoms with Crippen LogP contribution in [-0.4, -0.2) is 86.3 Å². The van der Waals surface area contributed by atoms with Crippen LogP contribution >= 0.6 is 0 Å². The third kappa shape index (κ3) is 4.30. The molecule has 1 atom stereocenters. The van der Waals surface area contributed by atoms with E-state index in [1.54, 1.807) is 11.0 Å². The number of sulfonamides is 1. The first-order chi connectivity index (χ1) is 15.9. The fourth-order valence-corrected chi connectivity index (χ4v) is 7.01. The molecule has 0 spiro atoms. The molecule has 5 rings (SSSR count). The minimum atomic E-state index is -3.85. The lowest BCUT2D eigenvalue weighted by atomic mass is 9.95. The average Bonchev–Trinajstić information content (AvgIpc) is 3.56. The maximum absolute atomic E-state index is 13.4. The molecule has 3 fully saturated rings. The fourth-order valence-electron chi connectivity index (χ4n) is 5.35. The number of carbonyl (C=O) groups is 2. The van der Waals surface area contributed by atoms with Crippen molar-refractivity contribution in [2.24, 2.45) is 5.92 Å². The van der Waals surface area contributed by atoms with Crippen LogP contribution in [0.3, 0.4) is 0 Å². The Morgan fingerprint density at radius 1 is 0.788 bits per heavy atom. The van der Waals surface area contributed by atoms with Crippen molar-refractivity contribution >= 4 is 21.8 Å². The van der Waals surface area contributed by atoms with Gasteiger partial charge in [0.1, 0.15) is 19.3 Å². The summed E-state index contributed by atoms with van der Waals surface area (Å²) in [5, 5.41) is 0. The average molecular weight is 478 g/mol. The topological polar surface area (TPSA) is 96.5 Å². The summed E-state index contributed by atoms with van der Waals surface area (Å²) in [5.41, 5.74) is 0. The Kier molecular flexibility index (Phi) is 6.22. The molecule has 0 N–H and O–H groups in total. The first-order valence-corrected chi connectivity index (χ1v) is 13.4. The second kappa shape index (κ2) is 9.13. The van der Waals surface area contributed by atoms with Crippen LogP contribution in [0.25, 0.3) is 0 Å². The molecule has 0 bridgehead atoms. The zero-order valence-electron chi connectivity index (χ0n) is 18.8. The molecule has 4 aliphatic heterocycles. The maximum Gasteiger partial charge on any atom is 0.243 e. The molecule has 0 radical (unpaired) electrons. The number of piperidine rings is 1. The van der Waals surface area contributed by atoms with E-state index >= 15 is 0 Å². The Hall–Kier alpha value is -2.33. The van der Waals surface area contributed by atoms with Crippen LogP contribution in [0.2, 0.25) is 0 Å². The van der Waals surface area contributed by atoms with Crippen molar-refractivity contribution in [2.75, 3.05) is 45.9 Å². The molecular formula is C23H31N3O6S. The molecule has 4 aliphatic rings. The standard InChI is InChI=1S/C23H31N3O6S/c27-22(24-9-1-2-10-24)17-7-12-25(13-8-17)23(28)19-4-3-11-26(19)33(29,30)18-5-6-20-21(16-18)32-15-14-31-20/h5-6,16-17,19H,1-4,7-15H2. The van der Waals surface area contributed by atoms with Crippen LogP contribution in [0.1, 0.15) is 38.5 Å². The van der Waals surface area contributed by atoms with Crippen molar-refractivity contribution < 1.29 is 27.5 Å². The van der Waals surface area contributed by atoms with Crippen molar-refractivity contribution in [2.45, 2.75) is 49.5 Å². The Labute approximate surface area is 194 Å². The molecular weight excluding hydrogens is 446 g/mol. The second-order valence-corrected chi connectivity index (χ2v) is 11.1. The zero-order chi connectivity index (χ0) is 23.0. The molecule has 180 valence electrons. The van der Waals surface area contributed by atoms with Gasteiger partial charge in [-0.05, 0) is 50.7 Å². The highest BCUT2D eigenvalue weighted by Gasteiger charge is 2.42. The van der Waals surface area contributed by atoms with E-state index in [-0.39, 0.29) is 22.6 Å². The van der Waals surface area contributed by atoms with Gasteiger partial charge in [-0.3, -0.25) is 9.59 Å². The van der Waals surface area contributed by atoms with E-state index in [1.807, 2.05) is 4.90 Å². The van der Waals surface area contributed by atoms with Gasteiger partial charge in [0.05, 0.1) is 4.90 Å². The van der Waals surface area contributed by atoms with Gasteiger partial charge in [-0.1, -0.05) is 0 Å². The summed E-state index contributed by atoms with van der Waals surface area (Å²) in [5.74, 6) is 0.965. The predicted octanol–water partition coefficient (Wildman–Crippen LogP) is 1.47. The predicted molar refractivity (Wildman–Crippen MR) is 119 cm³/mol. The van der Waals surface area contributed by atoms with Gasteiger partial charge in [0.2, 0.25) is 21.8 Å². The number of ether oxygens (including phenoxy) is 2. The highest BCUT2D eigenvalue weighted by molar-refractivity contribution is 7.89. The molecule has 2 amide bonds. The highest BCUT2D eigenvalue weighted by atomic mass is 32.2. The van der Waals surface area contributed by atoms with Crippen molar-refractivity contribution in [1.29, 1.82) is 0 Å². The molecule has 1 aromatic carbocycles. The van der Waals surface area contributed by atoms with Crippen LogP contribution < -0.4 is 9.47 Å². The minimum Gasteiger partial charge on any atom is -0.486 e. The second-order valence-electron chi connectivity index (χ2n) is 9.21. The SMILES string of the molecule is O=C(C1CCN(C(=O)C2CCCN2S(=O)(=O)c2ccc3c(c2)OCCO3)CC1)N1CCCC1. The number of benzene rings is 1. The molecule has 0 aliphatic carbocycles. The lowest BCUT2D eigenvalue weighted by molar-refractivity contribution is -0.141. The third-order valence-corrected chi connectivity index (χ3v) is 9.09. The molecule has 0 saturated carbocycles. The molecule has 3 saturated heterocycles. The Bertz CT molecular complexity index is 1020. The molecule has 9 nitrogen and oxygen atoms in total. The summed E-state index contributed by atoms with van der Waals surface area (Å²) >= 11 is 0. The molecule has 1 aromatic rings. The Morgan fingerprint density at radius 3 is 2.18 bits per heavy atom. The van der Waals surface area contributed by atoms with Gasteiger partial charge in [-0.15, -0.1) is 0 Å². The summed E-state index contributed by atoms with van der Waals surface area (Å²) in [4.78, 5) is 29.8. The van der Waals surface area contributed by atoms with Crippen molar-refractivity contribution in [3.8, 4) is 11.5 Å². The Balaban J connectivity index is 1.26. The van der Waals surface area contributed by atoms with Crippen LogP contribution in [0, 0.1) is 5.92 Å². The lowest BCUT2D eigenvalue weighted by Crippen LogP contribution is -2.51.